The van der Waals surface area contributed by atoms with E-state index in [1.54, 1.807) is 36.4 Å². The highest BCUT2D eigenvalue weighted by Crippen LogP contribution is 2.42. The molecule has 1 atom stereocenters. The number of nitro benzene ring substituents is 1. The molecule has 0 spiro atoms. The van der Waals surface area contributed by atoms with Crippen LogP contribution in [0.5, 0.6) is 5.75 Å². The minimum atomic E-state index is -0.884. The van der Waals surface area contributed by atoms with Crippen LogP contribution in [0.25, 0.3) is 5.76 Å². The molecule has 1 N–H and O–H groups in total. The predicted octanol–water partition coefficient (Wildman–Crippen LogP) is 4.53. The molecule has 34 heavy (non-hydrogen) atoms. The highest BCUT2D eigenvalue weighted by molar-refractivity contribution is 6.46. The molecular weight excluding hydrogens is 436 g/mol. The van der Waals surface area contributed by atoms with Gasteiger partial charge in [0.2, 0.25) is 0 Å². The Bertz CT molecular complexity index is 1330. The van der Waals surface area contributed by atoms with E-state index in [2.05, 4.69) is 0 Å². The van der Waals surface area contributed by atoms with Crippen molar-refractivity contribution < 1.29 is 24.4 Å². The van der Waals surface area contributed by atoms with Gasteiger partial charge in [0.05, 0.1) is 30.2 Å². The van der Waals surface area contributed by atoms with Gasteiger partial charge in [-0.2, -0.15) is 0 Å². The normalized spacial score (nSPS) is 17.1. The third-order valence-corrected chi connectivity index (χ3v) is 5.89. The van der Waals surface area contributed by atoms with E-state index in [0.29, 0.717) is 16.9 Å². The minimum absolute atomic E-state index is 0.0688. The SMILES string of the molecule is COc1ccccc1CN1C(=O)C(=O)/C(=C(/O)c2cccc([N+](=O)[O-])c2)C1c1ccccc1C. The van der Waals surface area contributed by atoms with E-state index in [0.717, 1.165) is 5.56 Å². The molecule has 1 fully saturated rings. The molecule has 0 radical (unpaired) electrons. The van der Waals surface area contributed by atoms with Crippen LogP contribution in [0.2, 0.25) is 0 Å². The number of para-hydroxylation sites is 1. The summed E-state index contributed by atoms with van der Waals surface area (Å²) >= 11 is 0. The van der Waals surface area contributed by atoms with E-state index in [1.807, 2.05) is 19.1 Å². The Morgan fingerprint density at radius 2 is 1.76 bits per heavy atom. The number of hydrogen-bond acceptors (Lipinski definition) is 6. The number of aliphatic hydroxyl groups is 1. The number of likely N-dealkylation sites (tertiary alicyclic amines) is 1. The number of aliphatic hydroxyl groups excluding tert-OH is 1. The van der Waals surface area contributed by atoms with E-state index in [-0.39, 0.29) is 23.4 Å². The lowest BCUT2D eigenvalue weighted by Crippen LogP contribution is -2.29. The molecule has 3 aromatic carbocycles. The number of ketones is 1. The van der Waals surface area contributed by atoms with Gasteiger partial charge in [0, 0.05) is 23.3 Å². The molecule has 0 aliphatic carbocycles. The van der Waals surface area contributed by atoms with Crippen LogP contribution in [0.4, 0.5) is 5.69 Å². The van der Waals surface area contributed by atoms with Gasteiger partial charge < -0.3 is 14.7 Å². The van der Waals surface area contributed by atoms with Gasteiger partial charge >= 0.3 is 0 Å². The van der Waals surface area contributed by atoms with E-state index in [4.69, 9.17) is 4.74 Å². The summed E-state index contributed by atoms with van der Waals surface area (Å²) in [6.07, 6.45) is 0. The lowest BCUT2D eigenvalue weighted by molar-refractivity contribution is -0.384. The summed E-state index contributed by atoms with van der Waals surface area (Å²) in [4.78, 5) is 38.5. The number of rotatable bonds is 6. The zero-order valence-corrected chi connectivity index (χ0v) is 18.6. The monoisotopic (exact) mass is 458 g/mol. The second-order valence-electron chi connectivity index (χ2n) is 7.90. The third kappa shape index (κ3) is 4.01. The molecule has 8 nitrogen and oxygen atoms in total. The van der Waals surface area contributed by atoms with Crippen molar-refractivity contribution in [2.75, 3.05) is 7.11 Å². The summed E-state index contributed by atoms with van der Waals surface area (Å²) < 4.78 is 5.41. The molecule has 172 valence electrons. The van der Waals surface area contributed by atoms with Gasteiger partial charge in [-0.3, -0.25) is 19.7 Å². The summed E-state index contributed by atoms with van der Waals surface area (Å²) in [6.45, 7) is 1.92. The van der Waals surface area contributed by atoms with Gasteiger partial charge in [-0.05, 0) is 24.1 Å². The van der Waals surface area contributed by atoms with Crippen LogP contribution < -0.4 is 4.74 Å². The van der Waals surface area contributed by atoms with Crippen molar-refractivity contribution in [1.29, 1.82) is 0 Å². The van der Waals surface area contributed by atoms with E-state index in [9.17, 15) is 24.8 Å². The van der Waals surface area contributed by atoms with E-state index in [1.165, 1.54) is 36.3 Å². The second-order valence-corrected chi connectivity index (χ2v) is 7.90. The van der Waals surface area contributed by atoms with Crippen LogP contribution >= 0.6 is 0 Å². The Kier molecular flexibility index (Phi) is 6.14. The van der Waals surface area contributed by atoms with Crippen molar-refractivity contribution in [3.05, 3.63) is 111 Å². The van der Waals surface area contributed by atoms with Gasteiger partial charge in [-0.25, -0.2) is 0 Å². The van der Waals surface area contributed by atoms with Crippen LogP contribution in [-0.2, 0) is 16.1 Å². The number of carbonyl (C=O) groups excluding carboxylic acids is 2. The Balaban J connectivity index is 1.90. The first-order chi connectivity index (χ1) is 16.3. The van der Waals surface area contributed by atoms with Crippen LogP contribution in [0.15, 0.2) is 78.4 Å². The molecule has 0 bridgehead atoms. The molecule has 0 aromatic heterocycles. The highest BCUT2D eigenvalue weighted by Gasteiger charge is 2.46. The van der Waals surface area contributed by atoms with Crippen molar-refractivity contribution in [3.8, 4) is 5.75 Å². The summed E-state index contributed by atoms with van der Waals surface area (Å²) in [6, 6.07) is 18.9. The third-order valence-electron chi connectivity index (χ3n) is 5.89. The molecule has 0 saturated carbocycles. The lowest BCUT2D eigenvalue weighted by atomic mass is 9.92. The number of nitrogens with zero attached hydrogens (tertiary/aromatic N) is 2. The zero-order chi connectivity index (χ0) is 24.4. The molecule has 8 heteroatoms. The largest absolute Gasteiger partial charge is 0.507 e. The number of aryl methyl sites for hydroxylation is 1. The average molecular weight is 458 g/mol. The van der Waals surface area contributed by atoms with Gasteiger partial charge in [-0.1, -0.05) is 54.6 Å². The standard InChI is InChI=1S/C26H22N2O6/c1-16-8-3-5-12-20(16)23-22(24(29)17-10-7-11-19(14-17)28(32)33)25(30)26(31)27(23)15-18-9-4-6-13-21(18)34-2/h3-14,23,29H,15H2,1-2H3/b24-22+. The Morgan fingerprint density at radius 3 is 2.47 bits per heavy atom. The number of ether oxygens (including phenoxy) is 1. The van der Waals surface area contributed by atoms with E-state index < -0.39 is 28.4 Å². The molecule has 3 aromatic rings. The number of nitro groups is 1. The van der Waals surface area contributed by atoms with Gasteiger partial charge in [0.15, 0.2) is 0 Å². The maximum atomic E-state index is 13.2. The fourth-order valence-electron chi connectivity index (χ4n) is 4.20. The van der Waals surface area contributed by atoms with Gasteiger partial charge in [0.1, 0.15) is 11.5 Å². The number of benzene rings is 3. The maximum Gasteiger partial charge on any atom is 0.295 e. The minimum Gasteiger partial charge on any atom is -0.507 e. The first-order valence-corrected chi connectivity index (χ1v) is 10.5. The summed E-state index contributed by atoms with van der Waals surface area (Å²) in [5.74, 6) is -1.53. The fraction of sp³-hybridized carbons (Fsp3) is 0.154. The van der Waals surface area contributed by atoms with Crippen molar-refractivity contribution in [1.82, 2.24) is 4.90 Å². The zero-order valence-electron chi connectivity index (χ0n) is 18.6. The Hall–Kier alpha value is -4.46. The number of methoxy groups -OCH3 is 1. The number of amides is 1. The van der Waals surface area contributed by atoms with Crippen molar-refractivity contribution in [3.63, 3.8) is 0 Å². The molecule has 4 rings (SSSR count). The van der Waals surface area contributed by atoms with Crippen LogP contribution in [0.3, 0.4) is 0 Å². The van der Waals surface area contributed by atoms with Gasteiger partial charge in [0.25, 0.3) is 17.4 Å². The summed E-state index contributed by atoms with van der Waals surface area (Å²) in [5.41, 5.74) is 1.92. The smallest absolute Gasteiger partial charge is 0.295 e. The number of non-ortho nitro benzene ring substituents is 1. The average Bonchev–Trinajstić information content (AvgIpc) is 3.09. The Morgan fingerprint density at radius 1 is 1.06 bits per heavy atom. The Labute approximate surface area is 195 Å². The summed E-state index contributed by atoms with van der Waals surface area (Å²) in [7, 11) is 1.52. The van der Waals surface area contributed by atoms with Crippen molar-refractivity contribution in [2.45, 2.75) is 19.5 Å². The molecule has 1 aliphatic rings. The first-order valence-electron chi connectivity index (χ1n) is 10.5. The topological polar surface area (TPSA) is 110 Å². The molecule has 1 amide bonds. The maximum absolute atomic E-state index is 13.2. The van der Waals surface area contributed by atoms with Crippen LogP contribution in [0, 0.1) is 17.0 Å². The predicted molar refractivity (Wildman–Crippen MR) is 125 cm³/mol. The van der Waals surface area contributed by atoms with Crippen molar-refractivity contribution in [2.24, 2.45) is 0 Å². The molecule has 1 saturated heterocycles. The molecule has 1 unspecified atom stereocenters. The van der Waals surface area contributed by atoms with Crippen LogP contribution in [0.1, 0.15) is 28.3 Å². The van der Waals surface area contributed by atoms with Crippen molar-refractivity contribution >= 4 is 23.1 Å². The molecule has 1 aliphatic heterocycles. The highest BCUT2D eigenvalue weighted by atomic mass is 16.6. The lowest BCUT2D eigenvalue weighted by Gasteiger charge is -2.27. The fourth-order valence-corrected chi connectivity index (χ4v) is 4.20. The number of hydrogen-bond donors (Lipinski definition) is 1. The first kappa shape index (κ1) is 22.7. The number of carbonyl (C=O) groups is 2. The number of Topliss-reactive ketones (excluding diaryl/α,β-unsaturated/α-hetero) is 1. The van der Waals surface area contributed by atoms with Crippen LogP contribution in [-0.4, -0.2) is 33.7 Å². The summed E-state index contributed by atoms with van der Waals surface area (Å²) in [5, 5.41) is 22.4. The van der Waals surface area contributed by atoms with E-state index >= 15 is 0 Å². The quantitative estimate of drug-likeness (QED) is 0.191. The van der Waals surface area contributed by atoms with Gasteiger partial charge in [-0.15, -0.1) is 0 Å². The molecular formula is C26H22N2O6. The second kappa shape index (κ2) is 9.19. The molecule has 1 heterocycles.